The summed E-state index contributed by atoms with van der Waals surface area (Å²) in [5.74, 6) is -0.282. The van der Waals surface area contributed by atoms with Crippen molar-refractivity contribution >= 4 is 21.9 Å². The van der Waals surface area contributed by atoms with E-state index in [1.807, 2.05) is 13.0 Å². The fraction of sp³-hybridized carbons (Fsp3) is 0.385. The first-order valence-corrected chi connectivity index (χ1v) is 6.45. The third-order valence-electron chi connectivity index (χ3n) is 2.62. The van der Waals surface area contributed by atoms with Gasteiger partial charge in [-0.05, 0) is 35.2 Å². The van der Waals surface area contributed by atoms with E-state index in [-0.39, 0.29) is 12.4 Å². The van der Waals surface area contributed by atoms with Gasteiger partial charge >= 0.3 is 5.97 Å². The molecule has 0 aliphatic rings. The van der Waals surface area contributed by atoms with Gasteiger partial charge in [-0.3, -0.25) is 4.79 Å². The van der Waals surface area contributed by atoms with E-state index in [9.17, 15) is 4.79 Å². The van der Waals surface area contributed by atoms with E-state index >= 15 is 0 Å². The van der Waals surface area contributed by atoms with Crippen molar-refractivity contribution < 1.29 is 9.53 Å². The van der Waals surface area contributed by atoms with Crippen LogP contribution < -0.4 is 0 Å². The van der Waals surface area contributed by atoms with E-state index in [1.165, 1.54) is 7.11 Å². The Hall–Kier alpha value is -1.34. The van der Waals surface area contributed by atoms with Crippen molar-refractivity contribution in [1.29, 1.82) is 5.26 Å². The van der Waals surface area contributed by atoms with Crippen LogP contribution in [0.3, 0.4) is 0 Å². The molecule has 0 amide bonds. The van der Waals surface area contributed by atoms with Gasteiger partial charge in [0.25, 0.3) is 0 Å². The van der Waals surface area contributed by atoms with Crippen LogP contribution in [0, 0.1) is 11.3 Å². The van der Waals surface area contributed by atoms with E-state index in [4.69, 9.17) is 5.26 Å². The van der Waals surface area contributed by atoms with Crippen LogP contribution in [0.5, 0.6) is 0 Å². The Morgan fingerprint density at radius 3 is 2.59 bits per heavy atom. The van der Waals surface area contributed by atoms with Gasteiger partial charge in [0.1, 0.15) is 0 Å². The van der Waals surface area contributed by atoms with Crippen molar-refractivity contribution in [3.63, 3.8) is 0 Å². The fourth-order valence-electron chi connectivity index (χ4n) is 1.82. The molecule has 0 saturated carbocycles. The van der Waals surface area contributed by atoms with Gasteiger partial charge in [0.15, 0.2) is 0 Å². The molecule has 90 valence electrons. The van der Waals surface area contributed by atoms with Gasteiger partial charge in [-0.1, -0.05) is 22.9 Å². The smallest absolute Gasteiger partial charge is 0.309 e. The molecule has 0 aromatic heterocycles. The van der Waals surface area contributed by atoms with Crippen LogP contribution in [0.4, 0.5) is 0 Å². The topological polar surface area (TPSA) is 50.1 Å². The molecule has 0 N–H and O–H groups in total. The summed E-state index contributed by atoms with van der Waals surface area (Å²) in [4.78, 5) is 11.3. The highest BCUT2D eigenvalue weighted by molar-refractivity contribution is 9.08. The van der Waals surface area contributed by atoms with Gasteiger partial charge in [0, 0.05) is 5.33 Å². The normalized spacial score (nSPS) is 9.76. The summed E-state index contributed by atoms with van der Waals surface area (Å²) in [5.41, 5.74) is 3.64. The summed E-state index contributed by atoms with van der Waals surface area (Å²) in [6, 6.07) is 5.73. The van der Waals surface area contributed by atoms with Crippen molar-refractivity contribution in [2.24, 2.45) is 0 Å². The van der Waals surface area contributed by atoms with Gasteiger partial charge in [-0.15, -0.1) is 0 Å². The Morgan fingerprint density at radius 2 is 2.12 bits per heavy atom. The maximum Gasteiger partial charge on any atom is 0.309 e. The van der Waals surface area contributed by atoms with E-state index < -0.39 is 0 Å². The maximum absolute atomic E-state index is 11.3. The number of benzene rings is 1. The highest BCUT2D eigenvalue weighted by Gasteiger charge is 2.12. The Bertz CT molecular complexity index is 463. The first-order valence-electron chi connectivity index (χ1n) is 5.33. The van der Waals surface area contributed by atoms with Crippen LogP contribution in [0.2, 0.25) is 0 Å². The SMILES string of the molecule is CCc1c(CBr)cc(C#N)cc1CC(=O)OC. The molecule has 0 unspecified atom stereocenters. The molecule has 0 radical (unpaired) electrons. The zero-order valence-electron chi connectivity index (χ0n) is 9.92. The van der Waals surface area contributed by atoms with Crippen LogP contribution in [-0.4, -0.2) is 13.1 Å². The van der Waals surface area contributed by atoms with E-state index in [0.717, 1.165) is 23.1 Å². The summed E-state index contributed by atoms with van der Waals surface area (Å²) < 4.78 is 4.67. The molecule has 1 aromatic carbocycles. The minimum atomic E-state index is -0.282. The summed E-state index contributed by atoms with van der Waals surface area (Å²) in [6.07, 6.45) is 1.05. The zero-order valence-corrected chi connectivity index (χ0v) is 11.5. The van der Waals surface area contributed by atoms with Gasteiger partial charge in [0.05, 0.1) is 25.2 Å². The van der Waals surface area contributed by atoms with Gasteiger partial charge < -0.3 is 4.74 Å². The lowest BCUT2D eigenvalue weighted by atomic mass is 9.95. The molecule has 1 aromatic rings. The van der Waals surface area contributed by atoms with Crippen LogP contribution in [0.25, 0.3) is 0 Å². The highest BCUT2D eigenvalue weighted by Crippen LogP contribution is 2.21. The first kappa shape index (κ1) is 13.7. The molecule has 1 rings (SSSR count). The zero-order chi connectivity index (χ0) is 12.8. The van der Waals surface area contributed by atoms with Crippen LogP contribution in [-0.2, 0) is 27.7 Å². The molecule has 0 aliphatic heterocycles. The molecule has 3 nitrogen and oxygen atoms in total. The highest BCUT2D eigenvalue weighted by atomic mass is 79.9. The minimum Gasteiger partial charge on any atom is -0.469 e. The first-order chi connectivity index (χ1) is 8.15. The Balaban J connectivity index is 3.25. The lowest BCUT2D eigenvalue weighted by Gasteiger charge is -2.12. The average molecular weight is 296 g/mol. The lowest BCUT2D eigenvalue weighted by molar-refractivity contribution is -0.139. The number of rotatable bonds is 4. The number of hydrogen-bond acceptors (Lipinski definition) is 3. The molecule has 0 bridgehead atoms. The predicted molar refractivity (Wildman–Crippen MR) is 68.9 cm³/mol. The van der Waals surface area contributed by atoms with Gasteiger partial charge in [0.2, 0.25) is 0 Å². The average Bonchev–Trinajstić information content (AvgIpc) is 2.37. The number of hydrogen-bond donors (Lipinski definition) is 0. The summed E-state index contributed by atoms with van der Waals surface area (Å²) in [6.45, 7) is 2.04. The number of esters is 1. The standard InChI is InChI=1S/C13H14BrNO2/c1-3-12-10(6-13(16)17-2)4-9(8-15)5-11(12)7-14/h4-5H,3,6-7H2,1-2H3. The van der Waals surface area contributed by atoms with E-state index in [1.54, 1.807) is 6.07 Å². The summed E-state index contributed by atoms with van der Waals surface area (Å²) >= 11 is 3.40. The number of alkyl halides is 1. The van der Waals surface area contributed by atoms with Crippen molar-refractivity contribution in [2.75, 3.05) is 7.11 Å². The molecule has 0 fully saturated rings. The second-order valence-electron chi connectivity index (χ2n) is 3.62. The molecular weight excluding hydrogens is 282 g/mol. The Kier molecular flexibility index (Phi) is 5.17. The molecule has 0 aliphatic carbocycles. The molecule has 0 spiro atoms. The molecule has 0 heterocycles. The number of methoxy groups -OCH3 is 1. The molecular formula is C13H14BrNO2. The third kappa shape index (κ3) is 3.31. The van der Waals surface area contributed by atoms with Gasteiger partial charge in [-0.25, -0.2) is 0 Å². The third-order valence-corrected chi connectivity index (χ3v) is 3.23. The number of ether oxygens (including phenoxy) is 1. The van der Waals surface area contributed by atoms with Crippen LogP contribution >= 0.6 is 15.9 Å². The van der Waals surface area contributed by atoms with E-state index in [0.29, 0.717) is 10.9 Å². The molecule has 17 heavy (non-hydrogen) atoms. The van der Waals surface area contributed by atoms with Crippen LogP contribution in [0.1, 0.15) is 29.2 Å². The summed E-state index contributed by atoms with van der Waals surface area (Å²) in [5, 5.41) is 9.64. The second kappa shape index (κ2) is 6.41. The lowest BCUT2D eigenvalue weighted by Crippen LogP contribution is -2.08. The van der Waals surface area contributed by atoms with Crippen molar-refractivity contribution in [2.45, 2.75) is 25.1 Å². The number of carbonyl (C=O) groups is 1. The fourth-order valence-corrected chi connectivity index (χ4v) is 2.32. The summed E-state index contributed by atoms with van der Waals surface area (Å²) in [7, 11) is 1.37. The number of nitrogens with zero attached hydrogens (tertiary/aromatic N) is 1. The molecule has 0 atom stereocenters. The van der Waals surface area contributed by atoms with Crippen molar-refractivity contribution in [3.8, 4) is 6.07 Å². The predicted octanol–water partition coefficient (Wildman–Crippen LogP) is 2.73. The van der Waals surface area contributed by atoms with E-state index in [2.05, 4.69) is 26.7 Å². The minimum absolute atomic E-state index is 0.217. The maximum atomic E-state index is 11.3. The quantitative estimate of drug-likeness (QED) is 0.634. The monoisotopic (exact) mass is 295 g/mol. The van der Waals surface area contributed by atoms with Gasteiger partial charge in [-0.2, -0.15) is 5.26 Å². The van der Waals surface area contributed by atoms with Crippen molar-refractivity contribution in [1.82, 2.24) is 0 Å². The second-order valence-corrected chi connectivity index (χ2v) is 4.19. The molecule has 0 saturated heterocycles. The number of halogens is 1. The van der Waals surface area contributed by atoms with Crippen LogP contribution in [0.15, 0.2) is 12.1 Å². The Morgan fingerprint density at radius 1 is 1.47 bits per heavy atom. The number of nitriles is 1. The van der Waals surface area contributed by atoms with Crippen molar-refractivity contribution in [3.05, 3.63) is 34.4 Å². The Labute approximate surface area is 110 Å². The largest absolute Gasteiger partial charge is 0.469 e. The molecule has 4 heteroatoms. The number of carbonyl (C=O) groups excluding carboxylic acids is 1.